The van der Waals surface area contributed by atoms with Crippen LogP contribution in [0.25, 0.3) is 10.8 Å². The fourth-order valence-electron chi connectivity index (χ4n) is 4.64. The molecule has 2 aromatic carbocycles. The molecule has 32 heavy (non-hydrogen) atoms. The second kappa shape index (κ2) is 13.4. The predicted molar refractivity (Wildman–Crippen MR) is 143 cm³/mol. The molecule has 0 bridgehead atoms. The summed E-state index contributed by atoms with van der Waals surface area (Å²) in [5.74, 6) is 1.04. The maximum Gasteiger partial charge on any atom is 0.193 e. The van der Waals surface area contributed by atoms with Crippen molar-refractivity contribution in [1.82, 2.24) is 10.2 Å². The van der Waals surface area contributed by atoms with Crippen molar-refractivity contribution in [2.45, 2.75) is 57.7 Å². The van der Waals surface area contributed by atoms with Crippen LogP contribution >= 0.6 is 24.0 Å². The largest absolute Gasteiger partial charge is 0.376 e. The molecular weight excluding hydrogens is 513 g/mol. The molecule has 0 aliphatic carbocycles. The lowest BCUT2D eigenvalue weighted by molar-refractivity contribution is -0.0721. The van der Waals surface area contributed by atoms with Gasteiger partial charge in [0.1, 0.15) is 0 Å². The van der Waals surface area contributed by atoms with Gasteiger partial charge in [0.05, 0.1) is 18.8 Å². The molecule has 0 radical (unpaired) electrons. The van der Waals surface area contributed by atoms with Gasteiger partial charge in [-0.2, -0.15) is 0 Å². The van der Waals surface area contributed by atoms with E-state index in [2.05, 4.69) is 59.6 Å². The van der Waals surface area contributed by atoms with E-state index in [0.717, 1.165) is 71.0 Å². The van der Waals surface area contributed by atoms with Crippen LogP contribution in [0, 0.1) is 0 Å². The SMILES string of the molecule is CCNC(=NCCc1cccc2ccccc12)N1CCC(OCC2CCCCO2)CC1.I. The van der Waals surface area contributed by atoms with Crippen LogP contribution in [-0.4, -0.2) is 62.5 Å². The van der Waals surface area contributed by atoms with Crippen molar-refractivity contribution in [2.24, 2.45) is 4.99 Å². The fourth-order valence-corrected chi connectivity index (χ4v) is 4.64. The number of aliphatic imine (C=N–C) groups is 1. The molecule has 1 atom stereocenters. The molecule has 2 fully saturated rings. The van der Waals surface area contributed by atoms with Gasteiger partial charge in [-0.1, -0.05) is 42.5 Å². The highest BCUT2D eigenvalue weighted by molar-refractivity contribution is 14.0. The highest BCUT2D eigenvalue weighted by Gasteiger charge is 2.23. The van der Waals surface area contributed by atoms with Crippen molar-refractivity contribution >= 4 is 40.7 Å². The van der Waals surface area contributed by atoms with Gasteiger partial charge in [0.2, 0.25) is 0 Å². The summed E-state index contributed by atoms with van der Waals surface area (Å²) in [7, 11) is 0. The molecule has 1 unspecified atom stereocenters. The lowest BCUT2D eigenvalue weighted by Gasteiger charge is -2.35. The summed E-state index contributed by atoms with van der Waals surface area (Å²) in [6, 6.07) is 15.2. The first-order valence-corrected chi connectivity index (χ1v) is 12.1. The number of fused-ring (bicyclic) bond motifs is 1. The normalized spacial score (nSPS) is 20.2. The van der Waals surface area contributed by atoms with Crippen molar-refractivity contribution in [3.8, 4) is 0 Å². The number of nitrogens with one attached hydrogen (secondary N) is 1. The van der Waals surface area contributed by atoms with E-state index in [9.17, 15) is 0 Å². The zero-order valence-electron chi connectivity index (χ0n) is 19.3. The third-order valence-corrected chi connectivity index (χ3v) is 6.39. The summed E-state index contributed by atoms with van der Waals surface area (Å²) < 4.78 is 12.0. The number of benzene rings is 2. The van der Waals surface area contributed by atoms with Gasteiger partial charge >= 0.3 is 0 Å². The Morgan fingerprint density at radius 3 is 2.69 bits per heavy atom. The summed E-state index contributed by atoms with van der Waals surface area (Å²) in [4.78, 5) is 7.35. The molecule has 0 spiro atoms. The van der Waals surface area contributed by atoms with E-state index in [4.69, 9.17) is 14.5 Å². The number of nitrogens with zero attached hydrogens (tertiary/aromatic N) is 2. The zero-order valence-corrected chi connectivity index (χ0v) is 21.6. The van der Waals surface area contributed by atoms with E-state index in [1.807, 2.05) is 0 Å². The molecule has 2 aromatic rings. The van der Waals surface area contributed by atoms with Crippen LogP contribution in [0.1, 0.15) is 44.6 Å². The van der Waals surface area contributed by atoms with E-state index in [0.29, 0.717) is 12.2 Å². The van der Waals surface area contributed by atoms with Crippen LogP contribution in [0.5, 0.6) is 0 Å². The van der Waals surface area contributed by atoms with Crippen LogP contribution < -0.4 is 5.32 Å². The molecule has 0 aromatic heterocycles. The molecule has 5 nitrogen and oxygen atoms in total. The van der Waals surface area contributed by atoms with E-state index in [1.54, 1.807) is 0 Å². The van der Waals surface area contributed by atoms with Crippen molar-refractivity contribution in [3.05, 3.63) is 48.0 Å². The standard InChI is InChI=1S/C26H37N3O2.HI/c1-2-27-26(28-16-13-22-10-7-9-21-8-3-4-12-25(21)22)29-17-14-23(15-18-29)31-20-24-11-5-6-19-30-24;/h3-4,7-10,12,23-24H,2,5-6,11,13-20H2,1H3,(H,27,28);1H. The summed E-state index contributed by atoms with van der Waals surface area (Å²) in [5.41, 5.74) is 1.37. The Bertz CT molecular complexity index is 841. The summed E-state index contributed by atoms with van der Waals surface area (Å²) in [5, 5.41) is 6.13. The van der Waals surface area contributed by atoms with E-state index in [-0.39, 0.29) is 24.0 Å². The lowest BCUT2D eigenvalue weighted by atomic mass is 10.0. The van der Waals surface area contributed by atoms with Crippen LogP contribution in [0.2, 0.25) is 0 Å². The summed E-state index contributed by atoms with van der Waals surface area (Å²) in [6.07, 6.45) is 7.33. The van der Waals surface area contributed by atoms with Gasteiger partial charge in [0, 0.05) is 32.8 Å². The highest BCUT2D eigenvalue weighted by Crippen LogP contribution is 2.20. The quantitative estimate of drug-likeness (QED) is 0.299. The lowest BCUT2D eigenvalue weighted by Crippen LogP contribution is -2.47. The monoisotopic (exact) mass is 551 g/mol. The van der Waals surface area contributed by atoms with Gasteiger partial charge in [0.25, 0.3) is 0 Å². The maximum absolute atomic E-state index is 6.18. The summed E-state index contributed by atoms with van der Waals surface area (Å²) in [6.45, 7) is 7.47. The first-order chi connectivity index (χ1) is 15.3. The average molecular weight is 552 g/mol. The Labute approximate surface area is 210 Å². The van der Waals surface area contributed by atoms with Crippen molar-refractivity contribution in [1.29, 1.82) is 0 Å². The summed E-state index contributed by atoms with van der Waals surface area (Å²) >= 11 is 0. The topological polar surface area (TPSA) is 46.1 Å². The van der Waals surface area contributed by atoms with Crippen LogP contribution in [0.15, 0.2) is 47.5 Å². The second-order valence-electron chi connectivity index (χ2n) is 8.63. The zero-order chi connectivity index (χ0) is 21.3. The molecule has 176 valence electrons. The van der Waals surface area contributed by atoms with Gasteiger partial charge in [-0.25, -0.2) is 0 Å². The minimum Gasteiger partial charge on any atom is -0.376 e. The maximum atomic E-state index is 6.18. The van der Waals surface area contributed by atoms with Gasteiger partial charge < -0.3 is 19.7 Å². The molecule has 2 aliphatic heterocycles. The Morgan fingerprint density at radius 2 is 1.91 bits per heavy atom. The van der Waals surface area contributed by atoms with E-state index >= 15 is 0 Å². The number of piperidine rings is 1. The number of halogens is 1. The first-order valence-electron chi connectivity index (χ1n) is 12.1. The minimum atomic E-state index is 0. The molecule has 2 heterocycles. The fraction of sp³-hybridized carbons (Fsp3) is 0.577. The molecule has 6 heteroatoms. The molecule has 0 saturated carbocycles. The van der Waals surface area contributed by atoms with Gasteiger partial charge in [-0.3, -0.25) is 4.99 Å². The predicted octanol–water partition coefficient (Wildman–Crippen LogP) is 5.02. The smallest absolute Gasteiger partial charge is 0.193 e. The highest BCUT2D eigenvalue weighted by atomic mass is 127. The van der Waals surface area contributed by atoms with Crippen LogP contribution in [0.4, 0.5) is 0 Å². The molecule has 1 N–H and O–H groups in total. The Kier molecular flexibility index (Phi) is 10.5. The number of guanidine groups is 1. The second-order valence-corrected chi connectivity index (χ2v) is 8.63. The Balaban J connectivity index is 0.00000289. The van der Waals surface area contributed by atoms with Crippen molar-refractivity contribution in [2.75, 3.05) is 39.4 Å². The molecule has 2 aliphatic rings. The Hall–Kier alpha value is -1.38. The van der Waals surface area contributed by atoms with Crippen molar-refractivity contribution < 1.29 is 9.47 Å². The van der Waals surface area contributed by atoms with Crippen molar-refractivity contribution in [3.63, 3.8) is 0 Å². The van der Waals surface area contributed by atoms with Crippen LogP contribution in [-0.2, 0) is 15.9 Å². The molecule has 4 rings (SSSR count). The van der Waals surface area contributed by atoms with E-state index in [1.165, 1.54) is 29.2 Å². The average Bonchev–Trinajstić information content (AvgIpc) is 2.83. The Morgan fingerprint density at radius 1 is 1.09 bits per heavy atom. The molecule has 0 amide bonds. The van der Waals surface area contributed by atoms with Crippen LogP contribution in [0.3, 0.4) is 0 Å². The third-order valence-electron chi connectivity index (χ3n) is 6.39. The minimum absolute atomic E-state index is 0. The van der Waals surface area contributed by atoms with E-state index < -0.39 is 0 Å². The van der Waals surface area contributed by atoms with Gasteiger partial charge in [-0.05, 0) is 61.8 Å². The van der Waals surface area contributed by atoms with Gasteiger partial charge in [-0.15, -0.1) is 24.0 Å². The number of rotatable bonds is 7. The number of ether oxygens (including phenoxy) is 2. The number of hydrogen-bond acceptors (Lipinski definition) is 3. The number of likely N-dealkylation sites (tertiary alicyclic amines) is 1. The first kappa shape index (κ1) is 25.2. The molecule has 2 saturated heterocycles. The van der Waals surface area contributed by atoms with Gasteiger partial charge in [0.15, 0.2) is 5.96 Å². The number of hydrogen-bond donors (Lipinski definition) is 1. The third kappa shape index (κ3) is 7.06. The molecular formula is C26H38IN3O2.